The topological polar surface area (TPSA) is 129 Å². The number of Topliss-reactive ketones (excluding diaryl/α,β-unsaturated/α-hetero) is 1. The van der Waals surface area contributed by atoms with Crippen molar-refractivity contribution in [3.8, 4) is 21.9 Å². The predicted molar refractivity (Wildman–Crippen MR) is 164 cm³/mol. The number of carbonyl (C=O) groups excluding carboxylic acids is 2. The molecular weight excluding hydrogens is 610 g/mol. The van der Waals surface area contributed by atoms with E-state index in [4.69, 9.17) is 14.9 Å². The molecule has 3 N–H and O–H groups in total. The largest absolute Gasteiger partial charge is 0.493 e. The van der Waals surface area contributed by atoms with E-state index in [0.717, 1.165) is 16.0 Å². The Morgan fingerprint density at radius 2 is 1.85 bits per heavy atom. The highest BCUT2D eigenvalue weighted by Crippen LogP contribution is 2.42. The third kappa shape index (κ3) is 6.79. The van der Waals surface area contributed by atoms with Gasteiger partial charge in [-0.1, -0.05) is 26.8 Å². The number of hydrogen-bond donors (Lipinski definition) is 3. The van der Waals surface area contributed by atoms with Crippen molar-refractivity contribution in [2.75, 3.05) is 26.8 Å². The van der Waals surface area contributed by atoms with Gasteiger partial charge in [0.05, 0.1) is 18.7 Å². The van der Waals surface area contributed by atoms with Gasteiger partial charge in [0.2, 0.25) is 0 Å². The normalized spacial score (nSPS) is 12.4. The molecule has 0 aliphatic carbocycles. The van der Waals surface area contributed by atoms with E-state index in [0.29, 0.717) is 46.9 Å². The maximum Gasteiger partial charge on any atom is 0.341 e. The molecule has 9 nitrogen and oxygen atoms in total. The van der Waals surface area contributed by atoms with Crippen molar-refractivity contribution in [2.24, 2.45) is 0 Å². The van der Waals surface area contributed by atoms with Crippen LogP contribution in [0.1, 0.15) is 65.1 Å². The molecule has 1 amide bonds. The summed E-state index contributed by atoms with van der Waals surface area (Å²) in [4.78, 5) is 40.0. The lowest BCUT2D eigenvalue weighted by Gasteiger charge is -2.26. The summed E-state index contributed by atoms with van der Waals surface area (Å²) in [5, 5.41) is 22.5. The van der Waals surface area contributed by atoms with Crippen molar-refractivity contribution in [2.45, 2.75) is 39.7 Å². The average Bonchev–Trinajstić information content (AvgIpc) is 3.54. The summed E-state index contributed by atoms with van der Waals surface area (Å²) in [5.41, 5.74) is 3.11. The standard InChI is InChI=1S/C30H33N3O6S.BrH/c1-6-38-24-12-18-14-33(28(31)19(18)13-20(24)29(37)32-5)15-23(34)17-10-21(25-8-7-9-40-25)27(39-16-26(35)36)22(11-17)30(2,3)4;/h7-13,31H,6,14-16H2,1-5H3,(H,32,37)(H,35,36);1H. The van der Waals surface area contributed by atoms with E-state index in [-0.39, 0.29) is 41.1 Å². The maximum absolute atomic E-state index is 13.7. The molecule has 2 aromatic carbocycles. The first kappa shape index (κ1) is 31.8. The zero-order chi connectivity index (χ0) is 29.2. The second-order valence-electron chi connectivity index (χ2n) is 10.5. The number of nitrogens with one attached hydrogen (secondary N) is 2. The zero-order valence-corrected chi connectivity index (χ0v) is 26.2. The number of amides is 1. The fourth-order valence-corrected chi connectivity index (χ4v) is 5.41. The first-order valence-corrected chi connectivity index (χ1v) is 13.8. The van der Waals surface area contributed by atoms with Crippen LogP contribution in [-0.4, -0.2) is 60.3 Å². The van der Waals surface area contributed by atoms with E-state index in [1.807, 2.05) is 45.2 Å². The quantitative estimate of drug-likeness (QED) is 0.248. The molecular formula is C30H34BrN3O6S. The molecule has 41 heavy (non-hydrogen) atoms. The first-order chi connectivity index (χ1) is 18.9. The molecule has 1 aliphatic rings. The molecule has 4 rings (SSSR count). The van der Waals surface area contributed by atoms with E-state index in [1.54, 1.807) is 29.2 Å². The number of thiophene rings is 1. The van der Waals surface area contributed by atoms with Crippen LogP contribution in [0.5, 0.6) is 11.5 Å². The van der Waals surface area contributed by atoms with E-state index in [2.05, 4.69) is 5.32 Å². The molecule has 1 aromatic heterocycles. The van der Waals surface area contributed by atoms with Crippen LogP contribution in [0, 0.1) is 5.41 Å². The first-order valence-electron chi connectivity index (χ1n) is 12.9. The fourth-order valence-electron chi connectivity index (χ4n) is 4.67. The molecule has 0 bridgehead atoms. The lowest BCUT2D eigenvalue weighted by molar-refractivity contribution is -0.139. The van der Waals surface area contributed by atoms with Crippen molar-refractivity contribution in [3.63, 3.8) is 0 Å². The predicted octanol–water partition coefficient (Wildman–Crippen LogP) is 5.54. The monoisotopic (exact) mass is 643 g/mol. The molecule has 0 fully saturated rings. The summed E-state index contributed by atoms with van der Waals surface area (Å²) in [7, 11) is 1.54. The maximum atomic E-state index is 13.7. The summed E-state index contributed by atoms with van der Waals surface area (Å²) in [6.45, 7) is 7.95. The molecule has 0 atom stereocenters. The summed E-state index contributed by atoms with van der Waals surface area (Å²) in [5.74, 6) is -0.546. The lowest BCUT2D eigenvalue weighted by Crippen LogP contribution is -2.30. The number of aliphatic carboxylic acids is 1. The number of hydrogen-bond acceptors (Lipinski definition) is 7. The van der Waals surface area contributed by atoms with Crippen molar-refractivity contribution < 1.29 is 29.0 Å². The van der Waals surface area contributed by atoms with Crippen LogP contribution >= 0.6 is 28.3 Å². The molecule has 0 unspecified atom stereocenters. The Labute approximate surface area is 253 Å². The summed E-state index contributed by atoms with van der Waals surface area (Å²) in [6, 6.07) is 10.7. The van der Waals surface area contributed by atoms with Crippen molar-refractivity contribution in [1.82, 2.24) is 10.2 Å². The van der Waals surface area contributed by atoms with Crippen LogP contribution < -0.4 is 14.8 Å². The number of fused-ring (bicyclic) bond motifs is 1. The number of carbonyl (C=O) groups is 3. The molecule has 0 spiro atoms. The Morgan fingerprint density at radius 1 is 1.12 bits per heavy atom. The number of nitrogens with zero attached hydrogens (tertiary/aromatic N) is 1. The van der Waals surface area contributed by atoms with Crippen LogP contribution in [0.2, 0.25) is 0 Å². The van der Waals surface area contributed by atoms with Crippen molar-refractivity contribution >= 4 is 51.8 Å². The Bertz CT molecular complexity index is 1480. The fraction of sp³-hybridized carbons (Fsp3) is 0.333. The van der Waals surface area contributed by atoms with Crippen LogP contribution in [0.15, 0.2) is 41.8 Å². The van der Waals surface area contributed by atoms with Gasteiger partial charge >= 0.3 is 5.97 Å². The molecule has 11 heteroatoms. The van der Waals surface area contributed by atoms with Crippen LogP contribution in [0.25, 0.3) is 10.4 Å². The SMILES string of the molecule is Br.CCOc1cc2c(cc1C(=O)NC)C(=N)N(CC(=O)c1cc(-c3cccs3)c(OCC(=O)O)c(C(C)(C)C)c1)C2. The third-order valence-corrected chi connectivity index (χ3v) is 7.49. The zero-order valence-electron chi connectivity index (χ0n) is 23.6. The van der Waals surface area contributed by atoms with E-state index < -0.39 is 18.0 Å². The Hall–Kier alpha value is -3.70. The molecule has 0 saturated heterocycles. The molecule has 0 radical (unpaired) electrons. The number of carboxylic acid groups (broad SMARTS) is 1. The Balaban J connectivity index is 0.00000462. The smallest absolute Gasteiger partial charge is 0.341 e. The molecule has 0 saturated carbocycles. The van der Waals surface area contributed by atoms with Crippen molar-refractivity contribution in [3.05, 3.63) is 69.6 Å². The molecule has 1 aliphatic heterocycles. The second kappa shape index (κ2) is 12.9. The molecule has 218 valence electrons. The van der Waals surface area contributed by atoms with E-state index in [9.17, 15) is 19.5 Å². The third-order valence-electron chi connectivity index (χ3n) is 6.59. The number of rotatable bonds is 10. The highest BCUT2D eigenvalue weighted by atomic mass is 79.9. The highest BCUT2D eigenvalue weighted by molar-refractivity contribution is 8.93. The summed E-state index contributed by atoms with van der Waals surface area (Å²) in [6.07, 6.45) is 0. The van der Waals surface area contributed by atoms with Gasteiger partial charge in [-0.3, -0.25) is 15.0 Å². The number of amidine groups is 1. The number of benzene rings is 2. The summed E-state index contributed by atoms with van der Waals surface area (Å²) < 4.78 is 11.5. The van der Waals surface area contributed by atoms with Gasteiger partial charge in [0, 0.05) is 40.7 Å². The highest BCUT2D eigenvalue weighted by Gasteiger charge is 2.31. The van der Waals surface area contributed by atoms with Gasteiger partial charge in [-0.25, -0.2) is 4.79 Å². The van der Waals surface area contributed by atoms with Gasteiger partial charge in [-0.15, -0.1) is 28.3 Å². The Morgan fingerprint density at radius 3 is 2.44 bits per heavy atom. The number of ketones is 1. The Kier molecular flexibility index (Phi) is 9.98. The summed E-state index contributed by atoms with van der Waals surface area (Å²) >= 11 is 1.47. The van der Waals surface area contributed by atoms with Crippen molar-refractivity contribution in [1.29, 1.82) is 5.41 Å². The average molecular weight is 645 g/mol. The lowest BCUT2D eigenvalue weighted by atomic mass is 9.83. The minimum absolute atomic E-state index is 0. The minimum Gasteiger partial charge on any atom is -0.493 e. The molecule has 3 aromatic rings. The molecule has 2 heterocycles. The van der Waals surface area contributed by atoms with Gasteiger partial charge in [-0.05, 0) is 53.6 Å². The van der Waals surface area contributed by atoms with E-state index in [1.165, 1.54) is 18.4 Å². The number of ether oxygens (including phenoxy) is 2. The van der Waals surface area contributed by atoms with Gasteiger partial charge < -0.3 is 24.8 Å². The van der Waals surface area contributed by atoms with E-state index >= 15 is 0 Å². The van der Waals surface area contributed by atoms with Crippen LogP contribution in [0.4, 0.5) is 0 Å². The minimum atomic E-state index is -1.09. The van der Waals surface area contributed by atoms with Gasteiger partial charge in [0.1, 0.15) is 17.3 Å². The van der Waals surface area contributed by atoms with Gasteiger partial charge in [0.25, 0.3) is 5.91 Å². The second-order valence-corrected chi connectivity index (χ2v) is 11.4. The van der Waals surface area contributed by atoms with Crippen LogP contribution in [0.3, 0.4) is 0 Å². The van der Waals surface area contributed by atoms with Gasteiger partial charge in [0.15, 0.2) is 12.4 Å². The number of carboxylic acids is 1. The van der Waals surface area contributed by atoms with Crippen LogP contribution in [-0.2, 0) is 16.8 Å². The number of halogens is 1. The van der Waals surface area contributed by atoms with Gasteiger partial charge in [-0.2, -0.15) is 0 Å².